The SMILES string of the molecule is N#Cc1ncc(CNCCC2(c3ccccn3)CCOC3(CCCC3)C2)cc1Cl. The molecule has 1 saturated heterocycles. The number of nitriles is 1. The summed E-state index contributed by atoms with van der Waals surface area (Å²) in [6.07, 6.45) is 11.6. The Balaban J connectivity index is 1.44. The highest BCUT2D eigenvalue weighted by molar-refractivity contribution is 6.31. The van der Waals surface area contributed by atoms with E-state index in [1.54, 1.807) is 6.20 Å². The molecule has 1 aliphatic heterocycles. The zero-order valence-electron chi connectivity index (χ0n) is 16.7. The summed E-state index contributed by atoms with van der Waals surface area (Å²) in [4.78, 5) is 8.87. The van der Waals surface area contributed by atoms with Crippen molar-refractivity contribution in [1.82, 2.24) is 15.3 Å². The van der Waals surface area contributed by atoms with Crippen molar-refractivity contribution in [1.29, 1.82) is 5.26 Å². The molecule has 1 spiro atoms. The Kier molecular flexibility index (Phi) is 6.15. The second kappa shape index (κ2) is 8.79. The van der Waals surface area contributed by atoms with Crippen LogP contribution >= 0.6 is 11.6 Å². The van der Waals surface area contributed by atoms with Crippen molar-refractivity contribution in [3.63, 3.8) is 0 Å². The molecular formula is C23H27ClN4O. The molecule has 1 N–H and O–H groups in total. The van der Waals surface area contributed by atoms with Crippen molar-refractivity contribution in [2.75, 3.05) is 13.2 Å². The summed E-state index contributed by atoms with van der Waals surface area (Å²) in [6.45, 7) is 2.37. The molecule has 1 saturated carbocycles. The highest BCUT2D eigenvalue weighted by atomic mass is 35.5. The van der Waals surface area contributed by atoms with Gasteiger partial charge >= 0.3 is 0 Å². The maximum atomic E-state index is 8.96. The van der Waals surface area contributed by atoms with E-state index in [2.05, 4.69) is 22.4 Å². The van der Waals surface area contributed by atoms with Crippen LogP contribution in [0.1, 0.15) is 61.9 Å². The molecule has 152 valence electrons. The summed E-state index contributed by atoms with van der Waals surface area (Å²) < 4.78 is 6.32. The Morgan fingerprint density at radius 2 is 2.07 bits per heavy atom. The Labute approximate surface area is 177 Å². The highest BCUT2D eigenvalue weighted by Gasteiger charge is 2.48. The second-order valence-electron chi connectivity index (χ2n) is 8.37. The van der Waals surface area contributed by atoms with E-state index in [1.165, 1.54) is 31.4 Å². The van der Waals surface area contributed by atoms with Crippen molar-refractivity contribution in [2.24, 2.45) is 0 Å². The molecule has 2 aliphatic rings. The fourth-order valence-corrected chi connectivity index (χ4v) is 5.24. The van der Waals surface area contributed by atoms with E-state index < -0.39 is 0 Å². The largest absolute Gasteiger partial charge is 0.375 e. The first-order chi connectivity index (χ1) is 14.1. The number of ether oxygens (including phenoxy) is 1. The van der Waals surface area contributed by atoms with Gasteiger partial charge in [-0.05, 0) is 62.4 Å². The normalized spacial score (nSPS) is 23.2. The van der Waals surface area contributed by atoms with Crippen molar-refractivity contribution in [3.05, 3.63) is 58.6 Å². The predicted molar refractivity (Wildman–Crippen MR) is 113 cm³/mol. The van der Waals surface area contributed by atoms with Gasteiger partial charge in [-0.2, -0.15) is 5.26 Å². The van der Waals surface area contributed by atoms with Gasteiger partial charge in [-0.15, -0.1) is 0 Å². The predicted octanol–water partition coefficient (Wildman–Crippen LogP) is 4.54. The molecule has 3 heterocycles. The lowest BCUT2D eigenvalue weighted by molar-refractivity contribution is -0.104. The average Bonchev–Trinajstić information content (AvgIpc) is 3.19. The molecule has 2 fully saturated rings. The Hall–Kier alpha value is -2.00. The minimum atomic E-state index is 0.0420. The van der Waals surface area contributed by atoms with Crippen molar-refractivity contribution < 1.29 is 4.74 Å². The van der Waals surface area contributed by atoms with Gasteiger partial charge in [0.25, 0.3) is 0 Å². The highest BCUT2D eigenvalue weighted by Crippen LogP contribution is 2.49. The van der Waals surface area contributed by atoms with Gasteiger partial charge in [-0.3, -0.25) is 4.98 Å². The summed E-state index contributed by atoms with van der Waals surface area (Å²) in [6, 6.07) is 10.1. The molecule has 0 bridgehead atoms. The lowest BCUT2D eigenvalue weighted by Crippen LogP contribution is -2.47. The monoisotopic (exact) mass is 410 g/mol. The van der Waals surface area contributed by atoms with Crippen LogP contribution in [-0.2, 0) is 16.7 Å². The number of aromatic nitrogens is 2. The number of hydrogen-bond donors (Lipinski definition) is 1. The quantitative estimate of drug-likeness (QED) is 0.707. The molecule has 1 atom stereocenters. The molecule has 0 radical (unpaired) electrons. The maximum Gasteiger partial charge on any atom is 0.159 e. The zero-order chi connectivity index (χ0) is 20.2. The van der Waals surface area contributed by atoms with Crippen LogP contribution in [0.25, 0.3) is 0 Å². The minimum absolute atomic E-state index is 0.0420. The van der Waals surface area contributed by atoms with Crippen LogP contribution in [0.15, 0.2) is 36.7 Å². The van der Waals surface area contributed by atoms with E-state index in [1.807, 2.05) is 24.4 Å². The summed E-state index contributed by atoms with van der Waals surface area (Å²) in [5.41, 5.74) is 2.55. The van der Waals surface area contributed by atoms with E-state index in [4.69, 9.17) is 26.6 Å². The van der Waals surface area contributed by atoms with Crippen LogP contribution in [0.2, 0.25) is 5.02 Å². The first kappa shape index (κ1) is 20.3. The molecule has 29 heavy (non-hydrogen) atoms. The zero-order valence-corrected chi connectivity index (χ0v) is 17.4. The van der Waals surface area contributed by atoms with Gasteiger partial charge in [0.15, 0.2) is 5.69 Å². The smallest absolute Gasteiger partial charge is 0.159 e. The molecule has 1 aliphatic carbocycles. The third-order valence-corrected chi connectivity index (χ3v) is 6.77. The fraction of sp³-hybridized carbons (Fsp3) is 0.522. The number of nitrogens with one attached hydrogen (secondary N) is 1. The van der Waals surface area contributed by atoms with E-state index in [0.29, 0.717) is 11.6 Å². The third kappa shape index (κ3) is 4.45. The van der Waals surface area contributed by atoms with Crippen molar-refractivity contribution in [3.8, 4) is 6.07 Å². The molecule has 5 nitrogen and oxygen atoms in total. The number of pyridine rings is 2. The fourth-order valence-electron chi connectivity index (χ4n) is 5.01. The van der Waals surface area contributed by atoms with Crippen LogP contribution < -0.4 is 5.32 Å². The molecule has 1 unspecified atom stereocenters. The van der Waals surface area contributed by atoms with Crippen LogP contribution in [0, 0.1) is 11.3 Å². The van der Waals surface area contributed by atoms with E-state index >= 15 is 0 Å². The lowest BCUT2D eigenvalue weighted by Gasteiger charge is -2.46. The van der Waals surface area contributed by atoms with Gasteiger partial charge in [-0.1, -0.05) is 30.5 Å². The Bertz CT molecular complexity index is 876. The standard InChI is InChI=1S/C23H27ClN4O/c24-19-13-18(16-28-20(19)14-25)15-26-11-8-22(21-5-1-4-10-27-21)9-12-29-23(17-22)6-2-3-7-23/h1,4-5,10,13,16,26H,2-3,6-9,11-12,15,17H2. The van der Waals surface area contributed by atoms with E-state index in [-0.39, 0.29) is 16.7 Å². The molecule has 4 rings (SSSR count). The van der Waals surface area contributed by atoms with Gasteiger partial charge in [0.05, 0.1) is 10.6 Å². The van der Waals surface area contributed by atoms with Gasteiger partial charge in [-0.25, -0.2) is 4.98 Å². The van der Waals surface area contributed by atoms with E-state index in [0.717, 1.165) is 38.0 Å². The first-order valence-electron chi connectivity index (χ1n) is 10.5. The summed E-state index contributed by atoms with van der Waals surface area (Å²) in [5, 5.41) is 12.9. The molecule has 2 aromatic rings. The van der Waals surface area contributed by atoms with Gasteiger partial charge in [0, 0.05) is 36.7 Å². The second-order valence-corrected chi connectivity index (χ2v) is 8.78. The summed E-state index contributed by atoms with van der Waals surface area (Å²) >= 11 is 6.10. The summed E-state index contributed by atoms with van der Waals surface area (Å²) in [5.74, 6) is 0. The van der Waals surface area contributed by atoms with E-state index in [9.17, 15) is 0 Å². The van der Waals surface area contributed by atoms with Crippen molar-refractivity contribution >= 4 is 11.6 Å². The number of rotatable bonds is 6. The average molecular weight is 411 g/mol. The molecule has 0 amide bonds. The maximum absolute atomic E-state index is 8.96. The molecule has 0 aromatic carbocycles. The molecule has 2 aromatic heterocycles. The number of hydrogen-bond acceptors (Lipinski definition) is 5. The van der Waals surface area contributed by atoms with Gasteiger partial charge in [0.2, 0.25) is 0 Å². The van der Waals surface area contributed by atoms with Crippen LogP contribution in [0.5, 0.6) is 0 Å². The van der Waals surface area contributed by atoms with Crippen molar-refractivity contribution in [2.45, 2.75) is 62.5 Å². The lowest BCUT2D eigenvalue weighted by atomic mass is 9.68. The van der Waals surface area contributed by atoms with Gasteiger partial charge < -0.3 is 10.1 Å². The van der Waals surface area contributed by atoms with Crippen LogP contribution in [-0.4, -0.2) is 28.7 Å². The topological polar surface area (TPSA) is 70.8 Å². The van der Waals surface area contributed by atoms with Crippen LogP contribution in [0.3, 0.4) is 0 Å². The minimum Gasteiger partial charge on any atom is -0.375 e. The Morgan fingerprint density at radius 1 is 1.21 bits per heavy atom. The third-order valence-electron chi connectivity index (χ3n) is 6.49. The Morgan fingerprint density at radius 3 is 2.79 bits per heavy atom. The summed E-state index contributed by atoms with van der Waals surface area (Å²) in [7, 11) is 0. The molecular weight excluding hydrogens is 384 g/mol. The number of nitrogens with zero attached hydrogens (tertiary/aromatic N) is 3. The number of halogens is 1. The van der Waals surface area contributed by atoms with Gasteiger partial charge in [0.1, 0.15) is 6.07 Å². The van der Waals surface area contributed by atoms with Crippen LogP contribution in [0.4, 0.5) is 0 Å². The first-order valence-corrected chi connectivity index (χ1v) is 10.8. The molecule has 6 heteroatoms.